The lowest BCUT2D eigenvalue weighted by Gasteiger charge is -2.44. The molecule has 1 N–H and O–H groups in total. The van der Waals surface area contributed by atoms with E-state index < -0.39 is 0 Å². The lowest BCUT2D eigenvalue weighted by molar-refractivity contribution is 0.320. The number of benzene rings is 1. The predicted molar refractivity (Wildman–Crippen MR) is 91.3 cm³/mol. The Balaban J connectivity index is 1.80. The summed E-state index contributed by atoms with van der Waals surface area (Å²) in [6, 6.07) is 10.3. The average molecular weight is 287 g/mol. The number of nitrogens with zero attached hydrogens (tertiary/aromatic N) is 2. The molecule has 1 aromatic carbocycles. The van der Waals surface area contributed by atoms with Gasteiger partial charge in [0.1, 0.15) is 0 Å². The van der Waals surface area contributed by atoms with Crippen molar-refractivity contribution >= 4 is 11.4 Å². The maximum atomic E-state index is 3.79. The van der Waals surface area contributed by atoms with Crippen LogP contribution in [0.1, 0.15) is 26.7 Å². The molecule has 2 aliphatic rings. The molecule has 3 rings (SSSR count). The minimum Gasteiger partial charge on any atom is -0.378 e. The van der Waals surface area contributed by atoms with Crippen LogP contribution in [0.15, 0.2) is 24.3 Å². The molecule has 2 unspecified atom stereocenters. The molecular weight excluding hydrogens is 258 g/mol. The van der Waals surface area contributed by atoms with Crippen LogP contribution in [0, 0.1) is 11.8 Å². The number of piperazine rings is 1. The van der Waals surface area contributed by atoms with Crippen LogP contribution in [0.3, 0.4) is 0 Å². The Morgan fingerprint density at radius 1 is 1.14 bits per heavy atom. The summed E-state index contributed by atoms with van der Waals surface area (Å²) in [5.74, 6) is 1.59. The monoisotopic (exact) mass is 287 g/mol. The van der Waals surface area contributed by atoms with Crippen molar-refractivity contribution < 1.29 is 0 Å². The summed E-state index contributed by atoms with van der Waals surface area (Å²) in [6.07, 6.45) is 2.83. The SMILES string of the molecule is CC(C)C1CNC(C2CC2)CN1c1ccc(N(C)C)cc1. The molecule has 1 aliphatic heterocycles. The van der Waals surface area contributed by atoms with Crippen molar-refractivity contribution in [3.8, 4) is 0 Å². The Morgan fingerprint density at radius 3 is 2.33 bits per heavy atom. The third kappa shape index (κ3) is 3.18. The Hall–Kier alpha value is -1.22. The first kappa shape index (κ1) is 14.7. The second-order valence-corrected chi connectivity index (χ2v) is 7.23. The second kappa shape index (κ2) is 5.88. The fourth-order valence-corrected chi connectivity index (χ4v) is 3.44. The highest BCUT2D eigenvalue weighted by molar-refractivity contribution is 5.56. The first-order valence-corrected chi connectivity index (χ1v) is 8.33. The fraction of sp³-hybridized carbons (Fsp3) is 0.667. The largest absolute Gasteiger partial charge is 0.378 e. The molecule has 1 aliphatic carbocycles. The van der Waals surface area contributed by atoms with Crippen LogP contribution >= 0.6 is 0 Å². The molecule has 0 spiro atoms. The van der Waals surface area contributed by atoms with Crippen molar-refractivity contribution in [2.24, 2.45) is 11.8 Å². The van der Waals surface area contributed by atoms with Crippen molar-refractivity contribution in [2.45, 2.75) is 38.8 Å². The molecule has 1 heterocycles. The maximum Gasteiger partial charge on any atom is 0.0438 e. The van der Waals surface area contributed by atoms with Crippen LogP contribution in [0.2, 0.25) is 0 Å². The minimum atomic E-state index is 0.602. The molecule has 0 amide bonds. The van der Waals surface area contributed by atoms with Crippen LogP contribution in [0.5, 0.6) is 0 Å². The number of rotatable bonds is 4. The summed E-state index contributed by atoms with van der Waals surface area (Å²) < 4.78 is 0. The van der Waals surface area contributed by atoms with Gasteiger partial charge in [0, 0.05) is 50.6 Å². The van der Waals surface area contributed by atoms with E-state index in [0.717, 1.165) is 19.0 Å². The summed E-state index contributed by atoms with van der Waals surface area (Å²) in [5.41, 5.74) is 2.65. The van der Waals surface area contributed by atoms with E-state index in [4.69, 9.17) is 0 Å². The zero-order valence-electron chi connectivity index (χ0n) is 13.8. The summed E-state index contributed by atoms with van der Waals surface area (Å²) in [7, 11) is 4.19. The van der Waals surface area contributed by atoms with Gasteiger partial charge in [0.2, 0.25) is 0 Å². The molecule has 1 aromatic rings. The second-order valence-electron chi connectivity index (χ2n) is 7.23. The molecular formula is C18H29N3. The van der Waals surface area contributed by atoms with Crippen LogP contribution in [-0.2, 0) is 0 Å². The van der Waals surface area contributed by atoms with E-state index in [0.29, 0.717) is 18.0 Å². The van der Waals surface area contributed by atoms with Crippen molar-refractivity contribution in [3.05, 3.63) is 24.3 Å². The Kier molecular flexibility index (Phi) is 4.12. The van der Waals surface area contributed by atoms with Crippen molar-refractivity contribution in [1.82, 2.24) is 5.32 Å². The quantitative estimate of drug-likeness (QED) is 0.918. The standard InChI is InChI=1S/C18H29N3/c1-13(2)18-11-19-17(14-5-6-14)12-21(18)16-9-7-15(8-10-16)20(3)4/h7-10,13-14,17-19H,5-6,11-12H2,1-4H3. The van der Waals surface area contributed by atoms with E-state index in [9.17, 15) is 0 Å². The van der Waals surface area contributed by atoms with Crippen LogP contribution in [0.25, 0.3) is 0 Å². The van der Waals surface area contributed by atoms with Gasteiger partial charge in [-0.15, -0.1) is 0 Å². The number of anilines is 2. The molecule has 0 bridgehead atoms. The van der Waals surface area contributed by atoms with Gasteiger partial charge in [0.25, 0.3) is 0 Å². The zero-order valence-corrected chi connectivity index (χ0v) is 13.8. The van der Waals surface area contributed by atoms with Gasteiger partial charge >= 0.3 is 0 Å². The Bertz CT molecular complexity index is 462. The van der Waals surface area contributed by atoms with Crippen LogP contribution < -0.4 is 15.1 Å². The lowest BCUT2D eigenvalue weighted by atomic mass is 9.96. The third-order valence-electron chi connectivity index (χ3n) is 5.04. The topological polar surface area (TPSA) is 18.5 Å². The zero-order chi connectivity index (χ0) is 15.0. The molecule has 0 radical (unpaired) electrons. The molecule has 0 aromatic heterocycles. The molecule has 2 atom stereocenters. The van der Waals surface area contributed by atoms with E-state index in [2.05, 4.69) is 67.3 Å². The summed E-state index contributed by atoms with van der Waals surface area (Å²) in [5, 5.41) is 3.79. The maximum absolute atomic E-state index is 3.79. The molecule has 3 heteroatoms. The molecule has 2 fully saturated rings. The molecule has 3 nitrogen and oxygen atoms in total. The van der Waals surface area contributed by atoms with Gasteiger partial charge in [-0.2, -0.15) is 0 Å². The number of nitrogens with one attached hydrogen (secondary N) is 1. The average Bonchev–Trinajstić information content (AvgIpc) is 3.31. The summed E-state index contributed by atoms with van der Waals surface area (Å²) in [6.45, 7) is 6.96. The van der Waals surface area contributed by atoms with Gasteiger partial charge in [0.05, 0.1) is 0 Å². The van der Waals surface area contributed by atoms with Gasteiger partial charge in [-0.25, -0.2) is 0 Å². The van der Waals surface area contributed by atoms with E-state index >= 15 is 0 Å². The van der Waals surface area contributed by atoms with Crippen molar-refractivity contribution in [3.63, 3.8) is 0 Å². The first-order chi connectivity index (χ1) is 10.1. The highest BCUT2D eigenvalue weighted by atomic mass is 15.2. The Morgan fingerprint density at radius 2 is 1.81 bits per heavy atom. The summed E-state index contributed by atoms with van der Waals surface area (Å²) in [4.78, 5) is 4.80. The van der Waals surface area contributed by atoms with E-state index in [1.54, 1.807) is 0 Å². The number of hydrogen-bond donors (Lipinski definition) is 1. The highest BCUT2D eigenvalue weighted by Gasteiger charge is 2.38. The van der Waals surface area contributed by atoms with Gasteiger partial charge in [-0.1, -0.05) is 13.8 Å². The van der Waals surface area contributed by atoms with Gasteiger partial charge in [-0.3, -0.25) is 0 Å². The normalized spacial score (nSPS) is 26.2. The van der Waals surface area contributed by atoms with Gasteiger partial charge in [0.15, 0.2) is 0 Å². The fourth-order valence-electron chi connectivity index (χ4n) is 3.44. The minimum absolute atomic E-state index is 0.602. The van der Waals surface area contributed by atoms with E-state index in [1.807, 2.05) is 0 Å². The third-order valence-corrected chi connectivity index (χ3v) is 5.04. The molecule has 1 saturated carbocycles. The molecule has 1 saturated heterocycles. The van der Waals surface area contributed by atoms with E-state index in [-0.39, 0.29) is 0 Å². The molecule has 21 heavy (non-hydrogen) atoms. The molecule has 116 valence electrons. The highest BCUT2D eigenvalue weighted by Crippen LogP contribution is 2.36. The van der Waals surface area contributed by atoms with Gasteiger partial charge in [-0.05, 0) is 48.9 Å². The van der Waals surface area contributed by atoms with Crippen LogP contribution in [-0.4, -0.2) is 39.3 Å². The smallest absolute Gasteiger partial charge is 0.0438 e. The van der Waals surface area contributed by atoms with Crippen molar-refractivity contribution in [2.75, 3.05) is 37.0 Å². The first-order valence-electron chi connectivity index (χ1n) is 8.33. The lowest BCUT2D eigenvalue weighted by Crippen LogP contribution is -2.59. The number of hydrogen-bond acceptors (Lipinski definition) is 3. The predicted octanol–water partition coefficient (Wildman–Crippen LogP) is 2.97. The van der Waals surface area contributed by atoms with Gasteiger partial charge < -0.3 is 15.1 Å². The van der Waals surface area contributed by atoms with Crippen molar-refractivity contribution in [1.29, 1.82) is 0 Å². The Labute approximate surface area is 129 Å². The van der Waals surface area contributed by atoms with E-state index in [1.165, 1.54) is 24.2 Å². The summed E-state index contributed by atoms with van der Waals surface area (Å²) >= 11 is 0. The van der Waals surface area contributed by atoms with Crippen LogP contribution in [0.4, 0.5) is 11.4 Å².